The van der Waals surface area contributed by atoms with E-state index in [1.54, 1.807) is 36.4 Å². The summed E-state index contributed by atoms with van der Waals surface area (Å²) in [5.74, 6) is -0.0350. The monoisotopic (exact) mass is 411 g/mol. The van der Waals surface area contributed by atoms with Crippen LogP contribution >= 0.6 is 22.6 Å². The van der Waals surface area contributed by atoms with Crippen LogP contribution in [0.1, 0.15) is 0 Å². The summed E-state index contributed by atoms with van der Waals surface area (Å²) < 4.78 is 26.5. The molecule has 3 rings (SSSR count). The molecular formula is C15H10INO3S. The van der Waals surface area contributed by atoms with Gasteiger partial charge in [0.25, 0.3) is 0 Å². The first-order valence-electron chi connectivity index (χ1n) is 6.07. The fraction of sp³-hybridized carbons (Fsp3) is 0. The van der Waals surface area contributed by atoms with Gasteiger partial charge in [0.15, 0.2) is 0 Å². The van der Waals surface area contributed by atoms with Crippen molar-refractivity contribution in [2.45, 2.75) is 9.79 Å². The highest BCUT2D eigenvalue weighted by Gasteiger charge is 2.21. The van der Waals surface area contributed by atoms with Crippen molar-refractivity contribution in [3.8, 4) is 5.75 Å². The van der Waals surface area contributed by atoms with Crippen LogP contribution in [-0.2, 0) is 9.84 Å². The number of fused-ring (bicyclic) bond motifs is 1. The normalized spacial score (nSPS) is 11.7. The molecule has 0 unspecified atom stereocenters. The predicted octanol–water partition coefficient (Wildman–Crippen LogP) is 3.38. The highest BCUT2D eigenvalue weighted by molar-refractivity contribution is 14.1. The SMILES string of the molecule is O=S(=O)(c1ccc(I)cc1)c1ccc(O)c2ncccc12. The van der Waals surface area contributed by atoms with E-state index >= 15 is 0 Å². The summed E-state index contributed by atoms with van der Waals surface area (Å²) in [6.45, 7) is 0. The maximum atomic E-state index is 12.8. The number of hydrogen-bond acceptors (Lipinski definition) is 4. The number of benzene rings is 2. The number of aromatic hydroxyl groups is 1. The molecule has 1 N–H and O–H groups in total. The molecule has 0 amide bonds. The van der Waals surface area contributed by atoms with E-state index in [2.05, 4.69) is 27.6 Å². The molecule has 3 aromatic rings. The quantitative estimate of drug-likeness (QED) is 0.657. The molecular weight excluding hydrogens is 401 g/mol. The molecule has 0 radical (unpaired) electrons. The van der Waals surface area contributed by atoms with Gasteiger partial charge in [-0.15, -0.1) is 0 Å². The second-order valence-corrected chi connectivity index (χ2v) is 7.60. The van der Waals surface area contributed by atoms with Crippen molar-refractivity contribution in [2.75, 3.05) is 0 Å². The minimum atomic E-state index is -3.65. The molecule has 1 heterocycles. The first kappa shape index (κ1) is 14.3. The fourth-order valence-corrected chi connectivity index (χ4v) is 3.92. The van der Waals surface area contributed by atoms with Crippen LogP contribution in [0.3, 0.4) is 0 Å². The number of pyridine rings is 1. The third-order valence-electron chi connectivity index (χ3n) is 3.12. The summed E-state index contributed by atoms with van der Waals surface area (Å²) in [5.41, 5.74) is 0.282. The highest BCUT2D eigenvalue weighted by Crippen LogP contribution is 2.32. The van der Waals surface area contributed by atoms with Crippen LogP contribution in [0.4, 0.5) is 0 Å². The standard InChI is InChI=1S/C15H10INO3S/c16-10-3-5-11(6-4-10)21(19,20)14-8-7-13(18)15-12(14)2-1-9-17-15/h1-9,18H. The molecule has 0 aliphatic heterocycles. The van der Waals surface area contributed by atoms with Gasteiger partial charge in [0.05, 0.1) is 9.79 Å². The molecule has 0 fully saturated rings. The molecule has 0 aliphatic carbocycles. The average Bonchev–Trinajstić information content (AvgIpc) is 2.48. The number of halogens is 1. The first-order valence-corrected chi connectivity index (χ1v) is 8.64. The van der Waals surface area contributed by atoms with E-state index in [0.29, 0.717) is 5.39 Å². The minimum absolute atomic E-state index is 0.0350. The van der Waals surface area contributed by atoms with Gasteiger partial charge in [0.1, 0.15) is 11.3 Å². The second-order valence-electron chi connectivity index (χ2n) is 4.44. The minimum Gasteiger partial charge on any atom is -0.506 e. The van der Waals surface area contributed by atoms with Crippen molar-refractivity contribution < 1.29 is 13.5 Å². The van der Waals surface area contributed by atoms with Gasteiger partial charge in [-0.2, -0.15) is 0 Å². The van der Waals surface area contributed by atoms with Crippen LogP contribution in [0.2, 0.25) is 0 Å². The zero-order valence-corrected chi connectivity index (χ0v) is 13.7. The Kier molecular flexibility index (Phi) is 3.58. The summed E-state index contributed by atoms with van der Waals surface area (Å²) in [4.78, 5) is 4.41. The molecule has 0 saturated heterocycles. The maximum absolute atomic E-state index is 12.8. The molecule has 2 aromatic carbocycles. The van der Waals surface area contributed by atoms with Gasteiger partial charge >= 0.3 is 0 Å². The summed E-state index contributed by atoms with van der Waals surface area (Å²) in [6, 6.07) is 12.7. The first-order chi connectivity index (χ1) is 10.00. The van der Waals surface area contributed by atoms with Gasteiger partial charge in [0.2, 0.25) is 9.84 Å². The number of phenolic OH excluding ortho intramolecular Hbond substituents is 1. The van der Waals surface area contributed by atoms with Gasteiger partial charge in [-0.05, 0) is 71.1 Å². The Bertz CT molecular complexity index is 921. The van der Waals surface area contributed by atoms with Gasteiger partial charge in [-0.3, -0.25) is 4.98 Å². The molecule has 0 bridgehead atoms. The Morgan fingerprint density at radius 3 is 2.43 bits per heavy atom. The van der Waals surface area contributed by atoms with Crippen molar-refractivity contribution in [1.29, 1.82) is 0 Å². The Morgan fingerprint density at radius 1 is 1.00 bits per heavy atom. The molecule has 0 spiro atoms. The number of aromatic nitrogens is 1. The number of sulfone groups is 1. The molecule has 21 heavy (non-hydrogen) atoms. The van der Waals surface area contributed by atoms with Crippen LogP contribution in [0.5, 0.6) is 5.75 Å². The van der Waals surface area contributed by atoms with Gasteiger partial charge < -0.3 is 5.11 Å². The summed E-state index contributed by atoms with van der Waals surface area (Å²) in [6.07, 6.45) is 1.52. The van der Waals surface area contributed by atoms with Crippen molar-refractivity contribution in [1.82, 2.24) is 4.98 Å². The average molecular weight is 411 g/mol. The van der Waals surface area contributed by atoms with E-state index in [0.717, 1.165) is 3.57 Å². The number of nitrogens with zero attached hydrogens (tertiary/aromatic N) is 1. The zero-order chi connectivity index (χ0) is 15.0. The van der Waals surface area contributed by atoms with Crippen LogP contribution in [0.25, 0.3) is 10.9 Å². The van der Waals surface area contributed by atoms with Crippen molar-refractivity contribution in [3.05, 3.63) is 58.3 Å². The van der Waals surface area contributed by atoms with Crippen LogP contribution in [-0.4, -0.2) is 18.5 Å². The Balaban J connectivity index is 2.29. The molecule has 0 atom stereocenters. The summed E-state index contributed by atoms with van der Waals surface area (Å²) in [5, 5.41) is 10.2. The van der Waals surface area contributed by atoms with E-state index in [1.165, 1.54) is 18.3 Å². The third-order valence-corrected chi connectivity index (χ3v) is 5.67. The lowest BCUT2D eigenvalue weighted by Crippen LogP contribution is -2.03. The lowest BCUT2D eigenvalue weighted by molar-refractivity contribution is 0.480. The number of hydrogen-bond donors (Lipinski definition) is 1. The van der Waals surface area contributed by atoms with E-state index in [-0.39, 0.29) is 21.1 Å². The van der Waals surface area contributed by atoms with Crippen LogP contribution in [0, 0.1) is 3.57 Å². The van der Waals surface area contributed by atoms with Gasteiger partial charge in [-0.1, -0.05) is 0 Å². The highest BCUT2D eigenvalue weighted by atomic mass is 127. The van der Waals surface area contributed by atoms with Gasteiger partial charge in [0, 0.05) is 15.2 Å². The Hall–Kier alpha value is -1.67. The molecule has 1 aromatic heterocycles. The fourth-order valence-electron chi connectivity index (χ4n) is 2.11. The summed E-state index contributed by atoms with van der Waals surface area (Å²) >= 11 is 2.12. The van der Waals surface area contributed by atoms with Crippen molar-refractivity contribution in [3.63, 3.8) is 0 Å². The molecule has 4 nitrogen and oxygen atoms in total. The summed E-state index contributed by atoms with van der Waals surface area (Å²) in [7, 11) is -3.65. The lowest BCUT2D eigenvalue weighted by Gasteiger charge is -2.09. The zero-order valence-electron chi connectivity index (χ0n) is 10.7. The number of phenols is 1. The number of rotatable bonds is 2. The van der Waals surface area contributed by atoms with E-state index in [1.807, 2.05) is 0 Å². The van der Waals surface area contributed by atoms with E-state index < -0.39 is 9.84 Å². The van der Waals surface area contributed by atoms with Crippen LogP contribution in [0.15, 0.2) is 64.5 Å². The van der Waals surface area contributed by atoms with Crippen molar-refractivity contribution in [2.24, 2.45) is 0 Å². The van der Waals surface area contributed by atoms with E-state index in [4.69, 9.17) is 0 Å². The Morgan fingerprint density at radius 2 is 1.71 bits per heavy atom. The Labute approximate surface area is 135 Å². The van der Waals surface area contributed by atoms with E-state index in [9.17, 15) is 13.5 Å². The predicted molar refractivity (Wildman–Crippen MR) is 88.0 cm³/mol. The smallest absolute Gasteiger partial charge is 0.207 e. The molecule has 6 heteroatoms. The largest absolute Gasteiger partial charge is 0.506 e. The molecule has 0 aliphatic rings. The topological polar surface area (TPSA) is 67.3 Å². The molecule has 106 valence electrons. The molecule has 0 saturated carbocycles. The van der Waals surface area contributed by atoms with Crippen molar-refractivity contribution >= 4 is 43.3 Å². The van der Waals surface area contributed by atoms with Gasteiger partial charge in [-0.25, -0.2) is 8.42 Å². The second kappa shape index (κ2) is 5.27. The lowest BCUT2D eigenvalue weighted by atomic mass is 10.2. The third kappa shape index (κ3) is 2.49. The maximum Gasteiger partial charge on any atom is 0.207 e. The van der Waals surface area contributed by atoms with Crippen LogP contribution < -0.4 is 0 Å².